The van der Waals surface area contributed by atoms with Crippen LogP contribution in [0.25, 0.3) is 119 Å². The van der Waals surface area contributed by atoms with Gasteiger partial charge in [-0.05, 0) is 197 Å². The van der Waals surface area contributed by atoms with Gasteiger partial charge in [0, 0.05) is 27.7 Å². The Morgan fingerprint density at radius 2 is 0.718 bits per heavy atom. The third kappa shape index (κ3) is 26.3. The van der Waals surface area contributed by atoms with Crippen molar-refractivity contribution in [1.82, 2.24) is 48.6 Å². The van der Waals surface area contributed by atoms with Crippen molar-refractivity contribution < 1.29 is 122 Å². The topological polar surface area (TPSA) is 497 Å². The number of aliphatic carboxylic acids is 1. The third-order valence-electron chi connectivity index (χ3n) is 21.0. The van der Waals surface area contributed by atoms with E-state index in [0.717, 1.165) is 0 Å². The van der Waals surface area contributed by atoms with Crippen LogP contribution in [0.15, 0.2) is 145 Å². The molecule has 0 amide bonds. The molecule has 0 unspecified atom stereocenters. The number of benzene rings is 5. The molecule has 142 heavy (non-hydrogen) atoms. The first-order chi connectivity index (χ1) is 64.6. The molecule has 0 radical (unpaired) electrons. The van der Waals surface area contributed by atoms with Crippen molar-refractivity contribution in [2.75, 3.05) is 51.6 Å². The molecule has 0 saturated carbocycles. The number of alkyl halides is 1. The monoisotopic (exact) mass is 2120 g/mol. The summed E-state index contributed by atoms with van der Waals surface area (Å²) in [5, 5.41) is 34.5. The summed E-state index contributed by atoms with van der Waals surface area (Å²) >= 11 is 40.0. The maximum absolute atomic E-state index is 13.2. The molecular formula is C99H98BrCl6LiN14NaO20-. The van der Waals surface area contributed by atoms with Crippen LogP contribution in [-0.2, 0) is 70.2 Å². The summed E-state index contributed by atoms with van der Waals surface area (Å²) in [7, 11) is 0. The van der Waals surface area contributed by atoms with E-state index in [2.05, 4.69) is 77.4 Å². The Bertz CT molecular complexity index is 7810. The van der Waals surface area contributed by atoms with Crippen LogP contribution in [0.3, 0.4) is 0 Å². The maximum Gasteiger partial charge on any atom is 1.00 e. The second-order valence-corrected chi connectivity index (χ2v) is 34.6. The zero-order valence-electron chi connectivity index (χ0n) is 79.7. The number of H-pyrrole nitrogens is 2. The number of hydrogen-bond acceptors (Lipinski definition) is 25. The van der Waals surface area contributed by atoms with Crippen molar-refractivity contribution in [2.45, 2.75) is 153 Å². The van der Waals surface area contributed by atoms with E-state index >= 15 is 0 Å². The van der Waals surface area contributed by atoms with Gasteiger partial charge in [0.15, 0.2) is 55.9 Å². The number of aromatic amines is 2. The number of carbonyl (C=O) groups excluding carboxylic acids is 3. The van der Waals surface area contributed by atoms with Crippen LogP contribution in [0.2, 0.25) is 30.3 Å². The van der Waals surface area contributed by atoms with Gasteiger partial charge in [0.1, 0.15) is 63.2 Å². The summed E-state index contributed by atoms with van der Waals surface area (Å²) < 4.78 is 42.3. The predicted octanol–water partition coefficient (Wildman–Crippen LogP) is 13.8. The summed E-state index contributed by atoms with van der Waals surface area (Å²) in [6.07, 6.45) is 1.86. The van der Waals surface area contributed by atoms with Gasteiger partial charge in [-0.15, -0.1) is 0 Å². The fourth-order valence-corrected chi connectivity index (χ4v) is 15.5. The molecule has 34 nitrogen and oxygen atoms in total. The van der Waals surface area contributed by atoms with Gasteiger partial charge in [-0.25, -0.2) is 44.4 Å². The molecule has 736 valence electrons. The normalized spacial score (nSPS) is 10.8. The SMILES string of the molecule is C.CCOC(=O)CBr.CCOc1c(Cl)ccc2c(=O)c3ccc(C(C)(C)C#N)nc3[nH]c12.CCOc1c(Cl)ccc2c(=O)c3ccc(C(C)(C)C#N)nc3n(CC(=O)O)c12.CCOc1c(Cl)ccc2c(=O)c3ccc(Cl)nc3[nH]c12.O.[C-]#[N+]C(C)(C)c1ccc2c(=O)c3ccc(Cl)c(OCC)c3n(CC(=O)OCC)c2n1.[C-]#[N+]C(C)(C)c1ccc2c(=O)c3ccc(Cl)c(OCC)c3n(C[C-]=O)c2n1.[Li+].[Na+].[OH-].[OH-]. The molecule has 0 fully saturated rings. The Labute approximate surface area is 886 Å². The minimum atomic E-state index is -1.11. The third-order valence-corrected chi connectivity index (χ3v) is 23.1. The van der Waals surface area contributed by atoms with Gasteiger partial charge < -0.3 is 92.8 Å². The van der Waals surface area contributed by atoms with E-state index in [1.807, 2.05) is 20.1 Å². The molecule has 0 spiro atoms. The first kappa shape index (κ1) is 122. The molecule has 0 aliphatic heterocycles. The van der Waals surface area contributed by atoms with E-state index in [1.165, 1.54) is 4.57 Å². The molecule has 5 aromatic carbocycles. The fourth-order valence-electron chi connectivity index (χ4n) is 14.2. The molecule has 10 heterocycles. The largest absolute Gasteiger partial charge is 1.00 e. The van der Waals surface area contributed by atoms with Gasteiger partial charge in [-0.1, -0.05) is 99.5 Å². The second kappa shape index (κ2) is 52.8. The molecule has 0 aliphatic carbocycles. The molecule has 0 saturated heterocycles. The second-order valence-electron chi connectivity index (χ2n) is 31.7. The number of ether oxygens (including phenoxy) is 7. The molecule has 43 heteroatoms. The summed E-state index contributed by atoms with van der Waals surface area (Å²) in [6.45, 7) is 43.1. The summed E-state index contributed by atoms with van der Waals surface area (Å²) in [6, 6.07) is 37.0. The van der Waals surface area contributed by atoms with Crippen LogP contribution in [0.5, 0.6) is 28.7 Å². The number of fused-ring (bicyclic) bond motifs is 10. The van der Waals surface area contributed by atoms with Gasteiger partial charge in [-0.2, -0.15) is 10.5 Å². The van der Waals surface area contributed by atoms with Crippen molar-refractivity contribution >= 4 is 219 Å². The number of esters is 2. The number of hydrogen-bond donors (Lipinski definition) is 3. The number of aromatic nitrogens is 10. The van der Waals surface area contributed by atoms with E-state index in [-0.39, 0.29) is 170 Å². The van der Waals surface area contributed by atoms with Gasteiger partial charge in [0.25, 0.3) is 11.1 Å². The molecule has 0 bridgehead atoms. The molecule has 0 atom stereocenters. The van der Waals surface area contributed by atoms with Crippen molar-refractivity contribution in [3.05, 3.63) is 248 Å². The average Bonchev–Trinajstić information content (AvgIpc) is 0.758. The Morgan fingerprint density at radius 3 is 1.06 bits per heavy atom. The zero-order chi connectivity index (χ0) is 99.9. The zero-order valence-corrected chi connectivity index (χ0v) is 87.8. The van der Waals surface area contributed by atoms with Crippen LogP contribution < -0.4 is 99.2 Å². The predicted molar refractivity (Wildman–Crippen MR) is 547 cm³/mol. The van der Waals surface area contributed by atoms with E-state index in [4.69, 9.17) is 111 Å². The standard InChI is InChI=1S/C22H22ClN3O4.C20H18ClN3O4.C20H17ClN3O3.C18H16ClN3O2.C14H10Cl2N2O2.C4H7BrO2.CH4.Li.Na.3H2O/c1-6-29-17(27)12-26-18-13(8-10-15(23)20(18)30-7-2)19(28)14-9-11-16(25-21(14)26)22(3,4)24-5;1-4-28-18-13(21)7-5-11-16(18)24(9-15(25)26)19-12(17(11)27)6-8-14(23-19)20(2,3)10-22;1-5-27-18-14(21)8-6-12-16(18)24(10-11-25)19-13(17(12)26)7-9-15(23-19)20(2,3)22-4;1-4-24-16-12(19)7-5-10-14(16)22-17-11(15(10)23)6-8-13(21-17)18(2,3)9-20;1-2-20-13-9(15)5-3-7-11(13)18-14-8(12(7)19)4-6-10(16)17-14;1-2-7-4(6)3-5;;;;;;/h8-11H,6-7,12H2,1-4H3;5-8H,4,9H2,1-3H3,(H,25,26);6-9H,5,10H2,1-3H3;5-8H,4H2,1-3H3,(H,21,22,23);3-6H,2H2,1H3,(H,17,18,19);2-3H2,1H3;1H4;;;3*1H2/q;;-1;;;;;2*+1;;;/p-2. The first-order valence-corrected chi connectivity index (χ1v) is 45.6. The van der Waals surface area contributed by atoms with E-state index < -0.39 is 40.4 Å². The van der Waals surface area contributed by atoms with Crippen LogP contribution >= 0.6 is 85.5 Å². The number of rotatable bonds is 23. The summed E-state index contributed by atoms with van der Waals surface area (Å²) in [5.74, 6) is -0.0616. The number of nitrogens with zero attached hydrogens (tertiary/aromatic N) is 12. The molecule has 15 rings (SSSR count). The average molecular weight is 2130 g/mol. The van der Waals surface area contributed by atoms with Crippen LogP contribution in [0, 0.1) is 35.8 Å². The summed E-state index contributed by atoms with van der Waals surface area (Å²) in [5.41, 5.74) is 1.17. The van der Waals surface area contributed by atoms with Gasteiger partial charge in [-0.3, -0.25) is 38.4 Å². The molecule has 0 aliphatic rings. The Balaban J connectivity index is 0.000000361. The van der Waals surface area contributed by atoms with E-state index in [0.29, 0.717) is 191 Å². The van der Waals surface area contributed by atoms with Gasteiger partial charge >= 0.3 is 66.3 Å². The molecular weight excluding hydrogens is 2030 g/mol. The first-order valence-electron chi connectivity index (χ1n) is 42.3. The smallest absolute Gasteiger partial charge is 0.870 e. The number of carboxylic acid groups (broad SMARTS) is 1. The van der Waals surface area contributed by atoms with Crippen molar-refractivity contribution in [1.29, 1.82) is 10.5 Å². The minimum Gasteiger partial charge on any atom is -0.870 e. The number of pyridine rings is 10. The van der Waals surface area contributed by atoms with Crippen LogP contribution in [0.4, 0.5) is 0 Å². The Morgan fingerprint density at radius 1 is 0.430 bits per heavy atom. The Hall–Kier alpha value is -12.1. The number of halogens is 7. The van der Waals surface area contributed by atoms with Gasteiger partial charge in [0.05, 0.1) is 187 Å². The fraction of sp³-hybridized carbons (Fsp3) is 0.313. The van der Waals surface area contributed by atoms with Crippen LogP contribution in [-0.4, -0.2) is 146 Å². The van der Waals surface area contributed by atoms with Gasteiger partial charge in [0.2, 0.25) is 0 Å². The van der Waals surface area contributed by atoms with Crippen molar-refractivity contribution in [2.24, 2.45) is 0 Å². The van der Waals surface area contributed by atoms with E-state index in [9.17, 15) is 58.8 Å². The number of carbonyl (C=O) groups is 3. The van der Waals surface area contributed by atoms with Crippen molar-refractivity contribution in [3.8, 4) is 40.9 Å². The number of carboxylic acids is 1. The quantitative estimate of drug-likeness (QED) is 0.0134. The van der Waals surface area contributed by atoms with E-state index in [1.54, 1.807) is 220 Å². The molecule has 10 aromatic heterocycles. The number of nitrogens with one attached hydrogen (secondary N) is 2. The Kier molecular flexibility index (Phi) is 45.4. The number of nitriles is 2. The summed E-state index contributed by atoms with van der Waals surface area (Å²) in [4.78, 5) is 146. The molecule has 7 N–H and O–H groups in total. The molecule has 15 aromatic rings. The van der Waals surface area contributed by atoms with Crippen LogP contribution in [0.1, 0.15) is 134 Å². The maximum atomic E-state index is 13.2. The minimum absolute atomic E-state index is 0. The van der Waals surface area contributed by atoms with Crippen molar-refractivity contribution in [3.63, 3.8) is 0 Å².